The number of hydrogen-bond acceptors (Lipinski definition) is 5. The van der Waals surface area contributed by atoms with Crippen molar-refractivity contribution in [3.05, 3.63) is 105 Å². The molecule has 0 aliphatic heterocycles. The summed E-state index contributed by atoms with van der Waals surface area (Å²) < 4.78 is 10.0. The molecule has 0 spiro atoms. The maximum absolute atomic E-state index is 13.0. The zero-order chi connectivity index (χ0) is 26.1. The van der Waals surface area contributed by atoms with Crippen LogP contribution in [0.2, 0.25) is 0 Å². The molecule has 0 aliphatic rings. The number of nitrogens with one attached hydrogen (secondary N) is 1. The van der Waals surface area contributed by atoms with Crippen LogP contribution in [0.15, 0.2) is 88.5 Å². The molecule has 0 fully saturated rings. The quantitative estimate of drug-likeness (QED) is 0.287. The molecule has 5 aromatic rings. The number of para-hydroxylation sites is 3. The minimum atomic E-state index is -0.652. The second-order valence-corrected chi connectivity index (χ2v) is 8.59. The van der Waals surface area contributed by atoms with E-state index < -0.39 is 24.0 Å². The molecule has 2 heterocycles. The van der Waals surface area contributed by atoms with Crippen molar-refractivity contribution in [2.24, 2.45) is 7.05 Å². The summed E-state index contributed by atoms with van der Waals surface area (Å²) in [7, 11) is 1.72. The molecule has 1 amide bonds. The first-order valence-corrected chi connectivity index (χ1v) is 11.7. The van der Waals surface area contributed by atoms with Crippen molar-refractivity contribution >= 4 is 39.4 Å². The van der Waals surface area contributed by atoms with Crippen LogP contribution in [-0.2, 0) is 27.9 Å². The van der Waals surface area contributed by atoms with Gasteiger partial charge in [0.05, 0.1) is 22.4 Å². The first-order chi connectivity index (χ1) is 17.9. The van der Waals surface area contributed by atoms with Crippen LogP contribution >= 0.6 is 0 Å². The number of carbonyl (C=O) groups is 2. The monoisotopic (exact) mass is 496 g/mol. The molecule has 0 saturated heterocycles. The molecule has 1 N–H and O–H groups in total. The van der Waals surface area contributed by atoms with Crippen LogP contribution in [0.25, 0.3) is 27.5 Å². The van der Waals surface area contributed by atoms with Gasteiger partial charge < -0.3 is 14.6 Å². The van der Waals surface area contributed by atoms with Gasteiger partial charge in [-0.1, -0.05) is 42.5 Å². The van der Waals surface area contributed by atoms with Gasteiger partial charge in [0.1, 0.15) is 12.2 Å². The second kappa shape index (κ2) is 9.62. The molecule has 0 radical (unpaired) electrons. The van der Waals surface area contributed by atoms with Crippen LogP contribution in [0.5, 0.6) is 0 Å². The average Bonchev–Trinajstić information content (AvgIpc) is 3.13. The van der Waals surface area contributed by atoms with Crippen LogP contribution in [0.1, 0.15) is 5.69 Å². The predicted molar refractivity (Wildman–Crippen MR) is 141 cm³/mol. The van der Waals surface area contributed by atoms with Gasteiger partial charge in [0, 0.05) is 17.8 Å². The molecule has 3 aromatic carbocycles. The summed E-state index contributed by atoms with van der Waals surface area (Å²) in [5, 5.41) is 3.55. The van der Waals surface area contributed by atoms with Gasteiger partial charge in [0.25, 0.3) is 11.5 Å². The van der Waals surface area contributed by atoms with Crippen LogP contribution in [0, 0.1) is 6.92 Å². The van der Waals surface area contributed by atoms with Gasteiger partial charge in [-0.25, -0.2) is 4.68 Å². The molecule has 0 aliphatic carbocycles. The third-order valence-corrected chi connectivity index (χ3v) is 6.35. The van der Waals surface area contributed by atoms with Crippen molar-refractivity contribution < 1.29 is 14.3 Å². The first-order valence-electron chi connectivity index (χ1n) is 11.7. The zero-order valence-electron chi connectivity index (χ0n) is 20.3. The number of nitrogens with zero attached hydrogens (tertiary/aromatic N) is 3. The fourth-order valence-electron chi connectivity index (χ4n) is 4.46. The fourth-order valence-corrected chi connectivity index (χ4v) is 4.46. The number of pyridine rings is 1. The van der Waals surface area contributed by atoms with E-state index in [1.807, 2.05) is 18.2 Å². The fraction of sp³-hybridized carbons (Fsp3) is 0.143. The van der Waals surface area contributed by atoms with E-state index in [1.54, 1.807) is 83.9 Å². The highest BCUT2D eigenvalue weighted by Gasteiger charge is 2.19. The van der Waals surface area contributed by atoms with Crippen LogP contribution in [-0.4, -0.2) is 32.4 Å². The summed E-state index contributed by atoms with van der Waals surface area (Å²) >= 11 is 0. The third-order valence-electron chi connectivity index (χ3n) is 6.35. The zero-order valence-corrected chi connectivity index (χ0v) is 20.3. The van der Waals surface area contributed by atoms with Gasteiger partial charge in [0.2, 0.25) is 0 Å². The number of rotatable bonds is 6. The first kappa shape index (κ1) is 23.8. The van der Waals surface area contributed by atoms with Crippen LogP contribution in [0.4, 0.5) is 5.69 Å². The summed E-state index contributed by atoms with van der Waals surface area (Å²) in [5.74, 6) is -1.28. The Balaban J connectivity index is 1.34. The maximum atomic E-state index is 13.0. The maximum Gasteiger partial charge on any atom is 0.326 e. The topological polar surface area (TPSA) is 104 Å². The van der Waals surface area contributed by atoms with E-state index >= 15 is 0 Å². The Bertz CT molecular complexity index is 1720. The number of amides is 1. The highest BCUT2D eigenvalue weighted by Crippen LogP contribution is 2.19. The Hall–Kier alpha value is -4.92. The van der Waals surface area contributed by atoms with Gasteiger partial charge in [0.15, 0.2) is 12.0 Å². The molecule has 9 heteroatoms. The molecular weight excluding hydrogens is 472 g/mol. The number of aromatic nitrogens is 3. The largest absolute Gasteiger partial charge is 0.454 e. The number of fused-ring (bicyclic) bond motifs is 2. The lowest BCUT2D eigenvalue weighted by atomic mass is 10.1. The van der Waals surface area contributed by atoms with Crippen molar-refractivity contribution in [3.63, 3.8) is 0 Å². The van der Waals surface area contributed by atoms with E-state index in [9.17, 15) is 19.2 Å². The van der Waals surface area contributed by atoms with E-state index in [-0.39, 0.29) is 17.7 Å². The Labute approximate surface area is 211 Å². The SMILES string of the molecule is Cc1c(NC(=O)COC(=O)Cn2c3ccccc3c(=O)c3ccccc32)c(=O)n(-c2ccccc2)n1C. The molecule has 186 valence electrons. The third kappa shape index (κ3) is 4.31. The van der Waals surface area contributed by atoms with Gasteiger partial charge in [-0.15, -0.1) is 0 Å². The molecule has 37 heavy (non-hydrogen) atoms. The summed E-state index contributed by atoms with van der Waals surface area (Å²) in [4.78, 5) is 51.2. The van der Waals surface area contributed by atoms with Gasteiger partial charge in [-0.3, -0.25) is 23.9 Å². The smallest absolute Gasteiger partial charge is 0.326 e. The molecule has 0 saturated carbocycles. The van der Waals surface area contributed by atoms with Gasteiger partial charge in [-0.05, 0) is 43.3 Å². The van der Waals surface area contributed by atoms with E-state index in [0.717, 1.165) is 0 Å². The summed E-state index contributed by atoms with van der Waals surface area (Å²) in [6.45, 7) is 0.961. The molecule has 0 unspecified atom stereocenters. The van der Waals surface area contributed by atoms with Gasteiger partial charge in [-0.2, -0.15) is 0 Å². The van der Waals surface area contributed by atoms with E-state index in [0.29, 0.717) is 33.2 Å². The molecule has 0 bridgehead atoms. The second-order valence-electron chi connectivity index (χ2n) is 8.59. The number of benzene rings is 3. The Morgan fingerprint density at radius 3 is 2.03 bits per heavy atom. The standard InChI is InChI=1S/C28H24N4O5/c1-18-26(28(36)32(30(18)2)19-10-4-3-5-11-19)29-24(33)17-37-25(34)16-31-22-14-8-6-12-20(22)27(35)21-13-7-9-15-23(21)31/h3-15H,16-17H2,1-2H3,(H,29,33). The number of carbonyl (C=O) groups excluding carboxylic acids is 2. The molecule has 9 nitrogen and oxygen atoms in total. The Morgan fingerprint density at radius 1 is 0.838 bits per heavy atom. The summed E-state index contributed by atoms with van der Waals surface area (Å²) in [6, 6.07) is 23.1. The number of ether oxygens (including phenoxy) is 1. The Morgan fingerprint density at radius 2 is 1.41 bits per heavy atom. The number of hydrogen-bond donors (Lipinski definition) is 1. The Kier molecular flexibility index (Phi) is 6.19. The summed E-state index contributed by atoms with van der Waals surface area (Å²) in [6.07, 6.45) is 0. The predicted octanol–water partition coefficient (Wildman–Crippen LogP) is 3.13. The molecular formula is C28H24N4O5. The molecule has 0 atom stereocenters. The van der Waals surface area contributed by atoms with Crippen LogP contribution < -0.4 is 16.3 Å². The van der Waals surface area contributed by atoms with Crippen molar-refractivity contribution in [2.75, 3.05) is 11.9 Å². The van der Waals surface area contributed by atoms with E-state index in [1.165, 1.54) is 4.68 Å². The van der Waals surface area contributed by atoms with E-state index in [2.05, 4.69) is 5.32 Å². The van der Waals surface area contributed by atoms with Crippen molar-refractivity contribution in [2.45, 2.75) is 13.5 Å². The van der Waals surface area contributed by atoms with Crippen LogP contribution in [0.3, 0.4) is 0 Å². The summed E-state index contributed by atoms with van der Waals surface area (Å²) in [5.41, 5.74) is 2.00. The average molecular weight is 497 g/mol. The highest BCUT2D eigenvalue weighted by molar-refractivity contribution is 5.95. The molecule has 5 rings (SSSR count). The van der Waals surface area contributed by atoms with Crippen molar-refractivity contribution in [3.8, 4) is 5.69 Å². The minimum absolute atomic E-state index is 0.116. The van der Waals surface area contributed by atoms with Crippen molar-refractivity contribution in [1.82, 2.24) is 13.9 Å². The lowest BCUT2D eigenvalue weighted by Crippen LogP contribution is -2.27. The highest BCUT2D eigenvalue weighted by atomic mass is 16.5. The minimum Gasteiger partial charge on any atom is -0.454 e. The van der Waals surface area contributed by atoms with Gasteiger partial charge >= 0.3 is 5.97 Å². The normalized spacial score (nSPS) is 11.1. The lowest BCUT2D eigenvalue weighted by Gasteiger charge is -2.14. The van der Waals surface area contributed by atoms with E-state index in [4.69, 9.17) is 4.74 Å². The molecule has 2 aromatic heterocycles. The van der Waals surface area contributed by atoms with Crippen molar-refractivity contribution in [1.29, 1.82) is 0 Å². The number of anilines is 1. The lowest BCUT2D eigenvalue weighted by molar-refractivity contribution is -0.147. The number of esters is 1.